The van der Waals surface area contributed by atoms with Crippen LogP contribution in [0.5, 0.6) is 0 Å². The van der Waals surface area contributed by atoms with Gasteiger partial charge in [-0.05, 0) is 42.8 Å². The summed E-state index contributed by atoms with van der Waals surface area (Å²) >= 11 is 0. The Bertz CT molecular complexity index is 1120. The molecule has 2 amide bonds. The van der Waals surface area contributed by atoms with Crippen LogP contribution in [-0.2, 0) is 17.5 Å². The van der Waals surface area contributed by atoms with Crippen LogP contribution in [-0.4, -0.2) is 16.8 Å². The number of halogens is 3. The van der Waals surface area contributed by atoms with Gasteiger partial charge < -0.3 is 10.6 Å². The van der Waals surface area contributed by atoms with Crippen LogP contribution in [0.2, 0.25) is 0 Å². The van der Waals surface area contributed by atoms with E-state index < -0.39 is 17.6 Å². The van der Waals surface area contributed by atoms with E-state index in [0.29, 0.717) is 27.7 Å². The first-order valence-electron chi connectivity index (χ1n) is 9.71. The Hall–Kier alpha value is -3.42. The third-order valence-corrected chi connectivity index (χ3v) is 4.72. The molecule has 0 bridgehead atoms. The molecule has 0 atom stereocenters. The molecule has 0 saturated heterocycles. The van der Waals surface area contributed by atoms with Crippen LogP contribution in [0.25, 0.3) is 10.9 Å². The van der Waals surface area contributed by atoms with Crippen molar-refractivity contribution >= 4 is 28.4 Å². The monoisotopic (exact) mass is 429 g/mol. The topological polar surface area (TPSA) is 71.1 Å². The van der Waals surface area contributed by atoms with Gasteiger partial charge in [-0.15, -0.1) is 0 Å². The molecule has 1 heterocycles. The molecule has 2 N–H and O–H groups in total. The third-order valence-electron chi connectivity index (χ3n) is 4.72. The molecule has 162 valence electrons. The molecule has 0 aliphatic carbocycles. The number of fused-ring (bicyclic) bond motifs is 1. The third kappa shape index (κ3) is 5.39. The van der Waals surface area contributed by atoms with E-state index in [1.54, 1.807) is 38.1 Å². The van der Waals surface area contributed by atoms with Gasteiger partial charge in [0.15, 0.2) is 0 Å². The minimum absolute atomic E-state index is 0.0559. The Morgan fingerprint density at radius 3 is 2.32 bits per heavy atom. The number of hydrogen-bond acceptors (Lipinski definition) is 3. The van der Waals surface area contributed by atoms with Crippen LogP contribution in [0, 0.1) is 12.8 Å². The van der Waals surface area contributed by atoms with Crippen molar-refractivity contribution in [2.24, 2.45) is 5.92 Å². The van der Waals surface area contributed by atoms with E-state index in [0.717, 1.165) is 17.8 Å². The molecule has 0 saturated carbocycles. The van der Waals surface area contributed by atoms with Gasteiger partial charge in [0.25, 0.3) is 5.91 Å². The maximum absolute atomic E-state index is 12.9. The summed E-state index contributed by atoms with van der Waals surface area (Å²) in [4.78, 5) is 29.4. The zero-order chi connectivity index (χ0) is 22.8. The maximum atomic E-state index is 12.9. The number of nitrogens with one attached hydrogen (secondary N) is 2. The molecule has 0 spiro atoms. The van der Waals surface area contributed by atoms with Gasteiger partial charge in [0, 0.05) is 29.2 Å². The minimum atomic E-state index is -4.41. The van der Waals surface area contributed by atoms with Gasteiger partial charge in [-0.2, -0.15) is 13.2 Å². The van der Waals surface area contributed by atoms with Crippen molar-refractivity contribution in [3.63, 3.8) is 0 Å². The average molecular weight is 429 g/mol. The molecule has 3 aromatic rings. The second-order valence-electron chi connectivity index (χ2n) is 7.56. The Morgan fingerprint density at radius 1 is 1.03 bits per heavy atom. The molecule has 0 fully saturated rings. The number of pyridine rings is 1. The van der Waals surface area contributed by atoms with Crippen LogP contribution in [0.4, 0.5) is 18.9 Å². The van der Waals surface area contributed by atoms with Crippen LogP contribution in [0.3, 0.4) is 0 Å². The van der Waals surface area contributed by atoms with Crippen LogP contribution >= 0.6 is 0 Å². The lowest BCUT2D eigenvalue weighted by Gasteiger charge is -2.13. The van der Waals surface area contributed by atoms with E-state index in [9.17, 15) is 22.8 Å². The smallest absolute Gasteiger partial charge is 0.348 e. The summed E-state index contributed by atoms with van der Waals surface area (Å²) in [5.41, 5.74) is 1.87. The van der Waals surface area contributed by atoms with Crippen molar-refractivity contribution in [3.8, 4) is 0 Å². The Morgan fingerprint density at radius 2 is 1.71 bits per heavy atom. The summed E-state index contributed by atoms with van der Waals surface area (Å²) in [6.07, 6.45) is -4.41. The van der Waals surface area contributed by atoms with Gasteiger partial charge in [0.2, 0.25) is 5.91 Å². The number of anilines is 1. The van der Waals surface area contributed by atoms with E-state index in [4.69, 9.17) is 0 Å². The predicted molar refractivity (Wildman–Crippen MR) is 113 cm³/mol. The fourth-order valence-corrected chi connectivity index (χ4v) is 2.97. The molecular weight excluding hydrogens is 407 g/mol. The fraction of sp³-hybridized carbons (Fsp3) is 0.261. The molecule has 3 rings (SSSR count). The SMILES string of the molecule is Cc1ccc2c(C(=O)NCc3ccc(C(F)(F)F)cc3)cc(NC(=O)C(C)C)cc2n1. The summed E-state index contributed by atoms with van der Waals surface area (Å²) in [6, 6.07) is 11.4. The molecule has 0 radical (unpaired) electrons. The molecular formula is C23H22F3N3O2. The highest BCUT2D eigenvalue weighted by Gasteiger charge is 2.29. The number of aryl methyl sites for hydroxylation is 1. The highest BCUT2D eigenvalue weighted by Crippen LogP contribution is 2.29. The number of alkyl halides is 3. The summed E-state index contributed by atoms with van der Waals surface area (Å²) in [7, 11) is 0. The number of carbonyl (C=O) groups is 2. The summed E-state index contributed by atoms with van der Waals surface area (Å²) in [5, 5.41) is 6.11. The van der Waals surface area contributed by atoms with Gasteiger partial charge >= 0.3 is 6.18 Å². The lowest BCUT2D eigenvalue weighted by molar-refractivity contribution is -0.137. The van der Waals surface area contributed by atoms with E-state index in [1.165, 1.54) is 12.1 Å². The van der Waals surface area contributed by atoms with E-state index in [-0.39, 0.29) is 18.4 Å². The van der Waals surface area contributed by atoms with Gasteiger partial charge in [0.05, 0.1) is 16.6 Å². The maximum Gasteiger partial charge on any atom is 0.416 e. The molecule has 0 aliphatic heterocycles. The molecule has 8 heteroatoms. The number of aromatic nitrogens is 1. The largest absolute Gasteiger partial charge is 0.416 e. The van der Waals surface area contributed by atoms with E-state index in [1.807, 2.05) is 6.92 Å². The first-order valence-corrected chi connectivity index (χ1v) is 9.71. The summed E-state index contributed by atoms with van der Waals surface area (Å²) < 4.78 is 38.1. The van der Waals surface area contributed by atoms with Crippen molar-refractivity contribution in [1.29, 1.82) is 0 Å². The standard InChI is InChI=1S/C23H22F3N3O2/c1-13(2)21(30)29-17-10-19(18-9-4-14(3)28-20(18)11-17)22(31)27-12-15-5-7-16(8-6-15)23(24,25)26/h4-11,13H,12H2,1-3H3,(H,27,31)(H,29,30). The van der Waals surface area contributed by atoms with Gasteiger partial charge in [-0.1, -0.05) is 32.0 Å². The van der Waals surface area contributed by atoms with Crippen molar-refractivity contribution in [2.45, 2.75) is 33.5 Å². The van der Waals surface area contributed by atoms with Gasteiger partial charge in [0.1, 0.15) is 0 Å². The summed E-state index contributed by atoms with van der Waals surface area (Å²) in [6.45, 7) is 5.40. The second kappa shape index (κ2) is 8.75. The quantitative estimate of drug-likeness (QED) is 0.594. The number of amides is 2. The lowest BCUT2D eigenvalue weighted by atomic mass is 10.0. The van der Waals surface area contributed by atoms with Gasteiger partial charge in [-0.25, -0.2) is 0 Å². The molecule has 0 unspecified atom stereocenters. The van der Waals surface area contributed by atoms with Crippen molar-refractivity contribution < 1.29 is 22.8 Å². The van der Waals surface area contributed by atoms with Crippen molar-refractivity contribution in [3.05, 3.63) is 70.9 Å². The Labute approximate surface area is 177 Å². The number of benzene rings is 2. The predicted octanol–water partition coefficient (Wildman–Crippen LogP) is 5.09. The molecule has 1 aromatic heterocycles. The Balaban J connectivity index is 1.86. The first-order chi connectivity index (χ1) is 14.5. The normalized spacial score (nSPS) is 11.6. The van der Waals surface area contributed by atoms with Crippen molar-refractivity contribution in [2.75, 3.05) is 5.32 Å². The first kappa shape index (κ1) is 22.3. The van der Waals surface area contributed by atoms with E-state index in [2.05, 4.69) is 15.6 Å². The molecule has 2 aromatic carbocycles. The average Bonchev–Trinajstić information content (AvgIpc) is 2.70. The van der Waals surface area contributed by atoms with E-state index >= 15 is 0 Å². The van der Waals surface area contributed by atoms with Crippen LogP contribution in [0.15, 0.2) is 48.5 Å². The Kier molecular flexibility index (Phi) is 6.29. The second-order valence-corrected chi connectivity index (χ2v) is 7.56. The lowest BCUT2D eigenvalue weighted by Crippen LogP contribution is -2.24. The highest BCUT2D eigenvalue weighted by molar-refractivity contribution is 6.08. The zero-order valence-corrected chi connectivity index (χ0v) is 17.3. The zero-order valence-electron chi connectivity index (χ0n) is 17.3. The molecule has 0 aliphatic rings. The number of carbonyl (C=O) groups excluding carboxylic acids is 2. The summed E-state index contributed by atoms with van der Waals surface area (Å²) in [5.74, 6) is -0.850. The minimum Gasteiger partial charge on any atom is -0.348 e. The van der Waals surface area contributed by atoms with Crippen molar-refractivity contribution in [1.82, 2.24) is 10.3 Å². The van der Waals surface area contributed by atoms with Crippen LogP contribution in [0.1, 0.15) is 41.0 Å². The highest BCUT2D eigenvalue weighted by atomic mass is 19.4. The molecule has 5 nitrogen and oxygen atoms in total. The van der Waals surface area contributed by atoms with Crippen LogP contribution < -0.4 is 10.6 Å². The van der Waals surface area contributed by atoms with Gasteiger partial charge in [-0.3, -0.25) is 14.6 Å². The number of nitrogens with zero attached hydrogens (tertiary/aromatic N) is 1. The number of rotatable bonds is 5. The molecule has 31 heavy (non-hydrogen) atoms. The number of hydrogen-bond donors (Lipinski definition) is 2. The fourth-order valence-electron chi connectivity index (χ4n) is 2.97.